The van der Waals surface area contributed by atoms with Gasteiger partial charge in [0, 0.05) is 6.54 Å². The van der Waals surface area contributed by atoms with E-state index in [9.17, 15) is 0 Å². The van der Waals surface area contributed by atoms with Crippen molar-refractivity contribution in [2.75, 3.05) is 20.3 Å². The highest BCUT2D eigenvalue weighted by Crippen LogP contribution is 2.18. The number of benzene rings is 1. The Morgan fingerprint density at radius 2 is 2.07 bits per heavy atom. The molecule has 0 saturated carbocycles. The molecule has 0 spiro atoms. The fraction of sp³-hybridized carbons (Fsp3) is 0.500. The lowest BCUT2D eigenvalue weighted by molar-refractivity contribution is 0.0874. The molecule has 84 valence electrons. The zero-order chi connectivity index (χ0) is 11.1. The van der Waals surface area contributed by atoms with Gasteiger partial charge in [0.15, 0.2) is 0 Å². The molecular weight excluding hydrogens is 190 g/mol. The van der Waals surface area contributed by atoms with E-state index < -0.39 is 0 Å². The first-order chi connectivity index (χ1) is 7.24. The van der Waals surface area contributed by atoms with Crippen LogP contribution >= 0.6 is 0 Å². The summed E-state index contributed by atoms with van der Waals surface area (Å²) in [5.74, 6) is 0.970. The van der Waals surface area contributed by atoms with Gasteiger partial charge in [-0.1, -0.05) is 17.7 Å². The van der Waals surface area contributed by atoms with Gasteiger partial charge in [-0.2, -0.15) is 0 Å². The van der Waals surface area contributed by atoms with Crippen molar-refractivity contribution in [3.63, 3.8) is 0 Å². The number of aryl methyl sites for hydroxylation is 2. The van der Waals surface area contributed by atoms with Crippen LogP contribution in [0.1, 0.15) is 17.5 Å². The average molecular weight is 209 g/mol. The molecule has 0 radical (unpaired) electrons. The highest BCUT2D eigenvalue weighted by atomic mass is 16.6. The fourth-order valence-corrected chi connectivity index (χ4v) is 1.39. The first-order valence-electron chi connectivity index (χ1n) is 5.20. The van der Waals surface area contributed by atoms with Gasteiger partial charge in [-0.3, -0.25) is 0 Å². The monoisotopic (exact) mass is 209 g/mol. The zero-order valence-corrected chi connectivity index (χ0v) is 9.67. The quantitative estimate of drug-likeness (QED) is 0.575. The predicted octanol–water partition coefficient (Wildman–Crippen LogP) is 2.22. The van der Waals surface area contributed by atoms with E-state index in [0.29, 0.717) is 6.61 Å². The summed E-state index contributed by atoms with van der Waals surface area (Å²) < 4.78 is 5.64. The second-order valence-corrected chi connectivity index (χ2v) is 3.57. The molecule has 1 aromatic rings. The Morgan fingerprint density at radius 3 is 2.73 bits per heavy atom. The molecule has 0 aromatic heterocycles. The normalized spacial score (nSPS) is 10.3. The number of hydrogen-bond donors (Lipinski definition) is 1. The van der Waals surface area contributed by atoms with Crippen molar-refractivity contribution in [2.45, 2.75) is 20.3 Å². The molecule has 0 saturated heterocycles. The summed E-state index contributed by atoms with van der Waals surface area (Å²) in [6.07, 6.45) is 0.932. The predicted molar refractivity (Wildman–Crippen MR) is 61.0 cm³/mol. The molecule has 0 aliphatic rings. The number of ether oxygens (including phenoxy) is 1. The molecular formula is C12H19NO2. The Hall–Kier alpha value is -1.06. The molecule has 0 aliphatic heterocycles. The van der Waals surface area contributed by atoms with Crippen LogP contribution in [0, 0.1) is 13.8 Å². The molecule has 0 aliphatic carbocycles. The Kier molecular flexibility index (Phi) is 5.15. The van der Waals surface area contributed by atoms with E-state index in [-0.39, 0.29) is 0 Å². The molecule has 3 heteroatoms. The molecule has 0 unspecified atom stereocenters. The zero-order valence-electron chi connectivity index (χ0n) is 9.67. The smallest absolute Gasteiger partial charge is 0.122 e. The SMILES string of the molecule is CONCCCOc1ccc(C)cc1C. The molecule has 1 N–H and O–H groups in total. The van der Waals surface area contributed by atoms with Crippen LogP contribution < -0.4 is 10.2 Å². The van der Waals surface area contributed by atoms with Gasteiger partial charge in [-0.25, -0.2) is 5.48 Å². The number of rotatable bonds is 6. The second kappa shape index (κ2) is 6.43. The van der Waals surface area contributed by atoms with E-state index in [2.05, 4.69) is 31.5 Å². The van der Waals surface area contributed by atoms with Gasteiger partial charge in [-0.05, 0) is 31.9 Å². The minimum absolute atomic E-state index is 0.709. The Morgan fingerprint density at radius 1 is 1.27 bits per heavy atom. The molecule has 0 heterocycles. The summed E-state index contributed by atoms with van der Waals surface area (Å²) in [5, 5.41) is 0. The highest BCUT2D eigenvalue weighted by molar-refractivity contribution is 5.35. The van der Waals surface area contributed by atoms with Crippen molar-refractivity contribution in [1.29, 1.82) is 0 Å². The van der Waals surface area contributed by atoms with Crippen molar-refractivity contribution in [3.05, 3.63) is 29.3 Å². The first-order valence-corrected chi connectivity index (χ1v) is 5.20. The molecule has 0 atom stereocenters. The van der Waals surface area contributed by atoms with Gasteiger partial charge in [-0.15, -0.1) is 0 Å². The van der Waals surface area contributed by atoms with E-state index in [1.54, 1.807) is 7.11 Å². The van der Waals surface area contributed by atoms with Crippen molar-refractivity contribution < 1.29 is 9.57 Å². The van der Waals surface area contributed by atoms with Crippen LogP contribution in [-0.2, 0) is 4.84 Å². The molecule has 0 amide bonds. The van der Waals surface area contributed by atoms with Crippen LogP contribution in [0.4, 0.5) is 0 Å². The third kappa shape index (κ3) is 4.32. The van der Waals surface area contributed by atoms with Gasteiger partial charge in [0.2, 0.25) is 0 Å². The summed E-state index contributed by atoms with van der Waals surface area (Å²) in [6.45, 7) is 5.66. The van der Waals surface area contributed by atoms with Crippen molar-refractivity contribution >= 4 is 0 Å². The molecule has 1 rings (SSSR count). The summed E-state index contributed by atoms with van der Waals surface area (Å²) in [5.41, 5.74) is 5.23. The Balaban J connectivity index is 2.31. The summed E-state index contributed by atoms with van der Waals surface area (Å²) in [7, 11) is 1.62. The van der Waals surface area contributed by atoms with Gasteiger partial charge in [0.05, 0.1) is 13.7 Å². The van der Waals surface area contributed by atoms with Crippen LogP contribution in [-0.4, -0.2) is 20.3 Å². The Bertz CT molecular complexity index is 300. The van der Waals surface area contributed by atoms with E-state index in [0.717, 1.165) is 18.7 Å². The van der Waals surface area contributed by atoms with E-state index in [1.807, 2.05) is 6.07 Å². The maximum absolute atomic E-state index is 5.64. The Labute approximate surface area is 91.4 Å². The maximum Gasteiger partial charge on any atom is 0.122 e. The maximum atomic E-state index is 5.64. The standard InChI is InChI=1S/C12H19NO2/c1-10-5-6-12(11(2)9-10)15-8-4-7-13-14-3/h5-6,9,13H,4,7-8H2,1-3H3. The molecule has 1 aromatic carbocycles. The van der Waals surface area contributed by atoms with Crippen molar-refractivity contribution in [1.82, 2.24) is 5.48 Å². The lowest BCUT2D eigenvalue weighted by atomic mass is 10.1. The largest absolute Gasteiger partial charge is 0.493 e. The third-order valence-corrected chi connectivity index (χ3v) is 2.16. The number of nitrogens with one attached hydrogen (secondary N) is 1. The van der Waals surface area contributed by atoms with E-state index >= 15 is 0 Å². The third-order valence-electron chi connectivity index (χ3n) is 2.16. The fourth-order valence-electron chi connectivity index (χ4n) is 1.39. The van der Waals surface area contributed by atoms with Crippen LogP contribution in [0.15, 0.2) is 18.2 Å². The average Bonchev–Trinajstić information content (AvgIpc) is 2.20. The van der Waals surface area contributed by atoms with Gasteiger partial charge in [0.25, 0.3) is 0 Å². The summed E-state index contributed by atoms with van der Waals surface area (Å²) in [6, 6.07) is 6.22. The minimum atomic E-state index is 0.709. The molecule has 15 heavy (non-hydrogen) atoms. The van der Waals surface area contributed by atoms with E-state index in [1.165, 1.54) is 11.1 Å². The van der Waals surface area contributed by atoms with Crippen LogP contribution in [0.5, 0.6) is 5.75 Å². The van der Waals surface area contributed by atoms with Gasteiger partial charge < -0.3 is 9.57 Å². The van der Waals surface area contributed by atoms with E-state index in [4.69, 9.17) is 9.57 Å². The van der Waals surface area contributed by atoms with Crippen LogP contribution in [0.25, 0.3) is 0 Å². The number of hydrogen-bond acceptors (Lipinski definition) is 3. The summed E-state index contributed by atoms with van der Waals surface area (Å²) in [4.78, 5) is 4.73. The summed E-state index contributed by atoms with van der Waals surface area (Å²) >= 11 is 0. The second-order valence-electron chi connectivity index (χ2n) is 3.57. The van der Waals surface area contributed by atoms with Crippen molar-refractivity contribution in [3.8, 4) is 5.75 Å². The minimum Gasteiger partial charge on any atom is -0.493 e. The highest BCUT2D eigenvalue weighted by Gasteiger charge is 1.98. The lowest BCUT2D eigenvalue weighted by Gasteiger charge is -2.09. The van der Waals surface area contributed by atoms with Crippen LogP contribution in [0.2, 0.25) is 0 Å². The topological polar surface area (TPSA) is 30.5 Å². The number of hydroxylamine groups is 1. The molecule has 0 fully saturated rings. The molecule has 0 bridgehead atoms. The van der Waals surface area contributed by atoms with Crippen molar-refractivity contribution in [2.24, 2.45) is 0 Å². The first kappa shape index (κ1) is 12.0. The van der Waals surface area contributed by atoms with Crippen LogP contribution in [0.3, 0.4) is 0 Å². The van der Waals surface area contributed by atoms with Gasteiger partial charge >= 0.3 is 0 Å². The molecule has 3 nitrogen and oxygen atoms in total. The lowest BCUT2D eigenvalue weighted by Crippen LogP contribution is -2.15. The van der Waals surface area contributed by atoms with Gasteiger partial charge in [0.1, 0.15) is 5.75 Å².